The predicted octanol–water partition coefficient (Wildman–Crippen LogP) is 0.883. The average molecular weight is 352 g/mol. The normalized spacial score (nSPS) is 13.0. The lowest BCUT2D eigenvalue weighted by atomic mass is 10.2. The molecule has 0 fully saturated rings. The van der Waals surface area contributed by atoms with Crippen molar-refractivity contribution in [2.75, 3.05) is 14.2 Å². The Balaban J connectivity index is 2.03. The molecule has 0 saturated carbocycles. The Morgan fingerprint density at radius 2 is 2.04 bits per heavy atom. The van der Waals surface area contributed by atoms with Crippen LogP contribution in [0.5, 0.6) is 0 Å². The molecular weight excluding hydrogens is 332 g/mol. The van der Waals surface area contributed by atoms with Gasteiger partial charge in [-0.3, -0.25) is 9.63 Å². The van der Waals surface area contributed by atoms with E-state index in [1.54, 1.807) is 12.5 Å². The fourth-order valence-electron chi connectivity index (χ4n) is 2.09. The summed E-state index contributed by atoms with van der Waals surface area (Å²) in [4.78, 5) is 20.9. The minimum Gasteiger partial charge on any atom is -0.348 e. The van der Waals surface area contributed by atoms with Crippen LogP contribution in [0, 0.1) is 0 Å². The SMILES string of the molecule is CON(C)S(=O)(=O)c1ccc(C(=O)N[C@@H](C)Cn2ccnc2)cc1. The van der Waals surface area contributed by atoms with Crippen LogP contribution in [-0.2, 0) is 21.4 Å². The molecule has 1 amide bonds. The van der Waals surface area contributed by atoms with E-state index in [1.165, 1.54) is 38.4 Å². The fraction of sp³-hybridized carbons (Fsp3) is 0.333. The van der Waals surface area contributed by atoms with Gasteiger partial charge in [0.15, 0.2) is 0 Å². The van der Waals surface area contributed by atoms with Crippen LogP contribution in [0.15, 0.2) is 47.9 Å². The molecule has 0 bridgehead atoms. The van der Waals surface area contributed by atoms with E-state index in [9.17, 15) is 13.2 Å². The van der Waals surface area contributed by atoms with E-state index >= 15 is 0 Å². The maximum atomic E-state index is 12.2. The number of imidazole rings is 1. The van der Waals surface area contributed by atoms with Crippen molar-refractivity contribution in [1.82, 2.24) is 19.3 Å². The Bertz CT molecular complexity index is 772. The lowest BCUT2D eigenvalue weighted by Gasteiger charge is -2.16. The lowest BCUT2D eigenvalue weighted by Crippen LogP contribution is -2.35. The fourth-order valence-corrected chi connectivity index (χ4v) is 3.06. The van der Waals surface area contributed by atoms with Crippen LogP contribution >= 0.6 is 0 Å². The maximum Gasteiger partial charge on any atom is 0.264 e. The van der Waals surface area contributed by atoms with Gasteiger partial charge in [-0.15, -0.1) is 0 Å². The van der Waals surface area contributed by atoms with Gasteiger partial charge in [0.2, 0.25) is 0 Å². The molecule has 8 nitrogen and oxygen atoms in total. The summed E-state index contributed by atoms with van der Waals surface area (Å²) in [7, 11) is -1.16. The van der Waals surface area contributed by atoms with E-state index in [4.69, 9.17) is 4.84 Å². The number of nitrogens with zero attached hydrogens (tertiary/aromatic N) is 3. The second-order valence-corrected chi connectivity index (χ2v) is 7.19. The summed E-state index contributed by atoms with van der Waals surface area (Å²) in [5.41, 5.74) is 0.381. The number of hydrogen-bond donors (Lipinski definition) is 1. The minimum atomic E-state index is -3.72. The van der Waals surface area contributed by atoms with Crippen molar-refractivity contribution in [2.45, 2.75) is 24.4 Å². The third-order valence-electron chi connectivity index (χ3n) is 3.43. The molecule has 0 aliphatic rings. The van der Waals surface area contributed by atoms with Crippen LogP contribution < -0.4 is 5.32 Å². The van der Waals surface area contributed by atoms with Crippen LogP contribution in [0.2, 0.25) is 0 Å². The van der Waals surface area contributed by atoms with E-state index in [2.05, 4.69) is 10.3 Å². The van der Waals surface area contributed by atoms with E-state index in [-0.39, 0.29) is 16.8 Å². The smallest absolute Gasteiger partial charge is 0.264 e. The number of hydrogen-bond acceptors (Lipinski definition) is 5. The highest BCUT2D eigenvalue weighted by atomic mass is 32.2. The Morgan fingerprint density at radius 3 is 2.58 bits per heavy atom. The molecule has 2 aromatic rings. The Hall–Kier alpha value is -2.23. The molecule has 0 aliphatic carbocycles. The molecule has 0 unspecified atom stereocenters. The van der Waals surface area contributed by atoms with E-state index < -0.39 is 10.0 Å². The maximum absolute atomic E-state index is 12.2. The van der Waals surface area contributed by atoms with Gasteiger partial charge in [0.05, 0.1) is 18.3 Å². The standard InChI is InChI=1S/C15H20N4O4S/c1-12(10-19-9-8-16-11-19)17-15(20)13-4-6-14(7-5-13)24(21,22)18(2)23-3/h4-9,11-12H,10H2,1-3H3,(H,17,20)/t12-/m0/s1. The summed E-state index contributed by atoms with van der Waals surface area (Å²) >= 11 is 0. The van der Waals surface area contributed by atoms with E-state index in [1.807, 2.05) is 17.7 Å². The quantitative estimate of drug-likeness (QED) is 0.747. The van der Waals surface area contributed by atoms with Crippen LogP contribution in [0.25, 0.3) is 0 Å². The molecule has 24 heavy (non-hydrogen) atoms. The largest absolute Gasteiger partial charge is 0.348 e. The van der Waals surface area contributed by atoms with Gasteiger partial charge in [-0.2, -0.15) is 0 Å². The minimum absolute atomic E-state index is 0.0508. The van der Waals surface area contributed by atoms with Crippen molar-refractivity contribution in [3.05, 3.63) is 48.5 Å². The molecule has 9 heteroatoms. The van der Waals surface area contributed by atoms with E-state index in [0.29, 0.717) is 12.1 Å². The van der Waals surface area contributed by atoms with Gasteiger partial charge in [-0.25, -0.2) is 13.4 Å². The summed E-state index contributed by atoms with van der Waals surface area (Å²) in [5.74, 6) is -0.272. The number of nitrogens with one attached hydrogen (secondary N) is 1. The first-order valence-corrected chi connectivity index (χ1v) is 8.68. The number of carbonyl (C=O) groups is 1. The molecule has 2 rings (SSSR count). The number of carbonyl (C=O) groups excluding carboxylic acids is 1. The van der Waals surface area contributed by atoms with Gasteiger partial charge in [0.25, 0.3) is 15.9 Å². The third-order valence-corrected chi connectivity index (χ3v) is 5.13. The highest BCUT2D eigenvalue weighted by Gasteiger charge is 2.21. The molecule has 1 atom stereocenters. The molecule has 0 spiro atoms. The van der Waals surface area contributed by atoms with Crippen LogP contribution in [0.4, 0.5) is 0 Å². The molecule has 1 heterocycles. The zero-order valence-corrected chi connectivity index (χ0v) is 14.5. The van der Waals surface area contributed by atoms with Gasteiger partial charge in [0, 0.05) is 37.6 Å². The Labute approximate surface area is 141 Å². The zero-order valence-electron chi connectivity index (χ0n) is 13.7. The molecule has 0 radical (unpaired) electrons. The summed E-state index contributed by atoms with van der Waals surface area (Å²) in [6, 6.07) is 5.58. The first-order valence-electron chi connectivity index (χ1n) is 7.24. The number of rotatable bonds is 7. The first kappa shape index (κ1) is 18.1. The Kier molecular flexibility index (Phi) is 5.71. The Morgan fingerprint density at radius 1 is 1.38 bits per heavy atom. The van der Waals surface area contributed by atoms with Gasteiger partial charge in [-0.1, -0.05) is 4.47 Å². The van der Waals surface area contributed by atoms with Gasteiger partial charge >= 0.3 is 0 Å². The van der Waals surface area contributed by atoms with Crippen LogP contribution in [0.3, 0.4) is 0 Å². The number of amides is 1. The van der Waals surface area contributed by atoms with Gasteiger partial charge in [-0.05, 0) is 31.2 Å². The highest BCUT2D eigenvalue weighted by molar-refractivity contribution is 7.89. The van der Waals surface area contributed by atoms with Gasteiger partial charge in [0.1, 0.15) is 0 Å². The van der Waals surface area contributed by atoms with Crippen molar-refractivity contribution in [1.29, 1.82) is 0 Å². The first-order chi connectivity index (χ1) is 11.3. The molecule has 0 saturated heterocycles. The predicted molar refractivity (Wildman–Crippen MR) is 87.6 cm³/mol. The van der Waals surface area contributed by atoms with Crippen molar-refractivity contribution in [3.8, 4) is 0 Å². The molecular formula is C15H20N4O4S. The van der Waals surface area contributed by atoms with Crippen LogP contribution in [-0.4, -0.2) is 48.5 Å². The van der Waals surface area contributed by atoms with Crippen molar-refractivity contribution >= 4 is 15.9 Å². The highest BCUT2D eigenvalue weighted by Crippen LogP contribution is 2.15. The molecule has 130 valence electrons. The molecule has 1 N–H and O–H groups in total. The summed E-state index contributed by atoms with van der Waals surface area (Å²) in [6.07, 6.45) is 5.16. The molecule has 0 aliphatic heterocycles. The zero-order chi connectivity index (χ0) is 17.7. The van der Waals surface area contributed by atoms with Gasteiger partial charge < -0.3 is 9.88 Å². The van der Waals surface area contributed by atoms with Crippen molar-refractivity contribution in [3.63, 3.8) is 0 Å². The second-order valence-electron chi connectivity index (χ2n) is 5.26. The summed E-state index contributed by atoms with van der Waals surface area (Å²) in [5, 5.41) is 2.85. The average Bonchev–Trinajstić information content (AvgIpc) is 3.06. The van der Waals surface area contributed by atoms with E-state index in [0.717, 1.165) is 4.47 Å². The topological polar surface area (TPSA) is 93.5 Å². The van der Waals surface area contributed by atoms with Crippen molar-refractivity contribution in [2.24, 2.45) is 0 Å². The lowest BCUT2D eigenvalue weighted by molar-refractivity contribution is -0.0258. The number of hydroxylamine groups is 1. The summed E-state index contributed by atoms with van der Waals surface area (Å²) < 4.78 is 26.8. The number of aromatic nitrogens is 2. The third kappa shape index (κ3) is 4.19. The second kappa shape index (κ2) is 7.56. The van der Waals surface area contributed by atoms with Crippen molar-refractivity contribution < 1.29 is 18.0 Å². The number of sulfonamides is 1. The monoisotopic (exact) mass is 352 g/mol. The van der Waals surface area contributed by atoms with Crippen LogP contribution in [0.1, 0.15) is 17.3 Å². The number of benzene rings is 1. The molecule has 1 aromatic heterocycles. The molecule has 1 aromatic carbocycles. The summed E-state index contributed by atoms with van der Waals surface area (Å²) in [6.45, 7) is 2.47.